The van der Waals surface area contributed by atoms with Crippen molar-refractivity contribution >= 4 is 17.4 Å². The zero-order valence-corrected chi connectivity index (χ0v) is 8.91. The van der Waals surface area contributed by atoms with Crippen molar-refractivity contribution in [1.82, 2.24) is 9.97 Å². The van der Waals surface area contributed by atoms with Crippen LogP contribution in [0.25, 0.3) is 0 Å². The summed E-state index contributed by atoms with van der Waals surface area (Å²) >= 11 is 5.61. The number of ether oxygens (including phenoxy) is 2. The van der Waals surface area contributed by atoms with Crippen molar-refractivity contribution in [2.24, 2.45) is 0 Å². The minimum absolute atomic E-state index is 0.0798. The third kappa shape index (κ3) is 3.30. The number of nitrogens with one attached hydrogen (secondary N) is 1. The summed E-state index contributed by atoms with van der Waals surface area (Å²) in [5.41, 5.74) is 0. The molecule has 1 saturated heterocycles. The van der Waals surface area contributed by atoms with Crippen LogP contribution in [0.3, 0.4) is 0 Å². The summed E-state index contributed by atoms with van der Waals surface area (Å²) in [6.07, 6.45) is 3.17. The second-order valence-corrected chi connectivity index (χ2v) is 3.56. The fourth-order valence-electron chi connectivity index (χ4n) is 1.28. The molecule has 1 aromatic rings. The predicted octanol–water partition coefficient (Wildman–Crippen LogP) is 0.957. The molecule has 1 N–H and O–H groups in total. The maximum atomic E-state index is 5.61. The van der Waals surface area contributed by atoms with Crippen LogP contribution >= 0.6 is 11.6 Å². The van der Waals surface area contributed by atoms with Crippen LogP contribution in [0.2, 0.25) is 5.15 Å². The topological polar surface area (TPSA) is 56.3 Å². The molecule has 1 unspecified atom stereocenters. The van der Waals surface area contributed by atoms with Crippen molar-refractivity contribution in [3.63, 3.8) is 0 Å². The summed E-state index contributed by atoms with van der Waals surface area (Å²) < 4.78 is 10.7. The van der Waals surface area contributed by atoms with Crippen LogP contribution in [-0.2, 0) is 9.47 Å². The van der Waals surface area contributed by atoms with Gasteiger partial charge >= 0.3 is 0 Å². The van der Waals surface area contributed by atoms with Gasteiger partial charge in [-0.2, -0.15) is 0 Å². The Labute approximate surface area is 92.8 Å². The quantitative estimate of drug-likeness (QED) is 0.837. The molecule has 82 valence electrons. The highest BCUT2D eigenvalue weighted by molar-refractivity contribution is 6.29. The van der Waals surface area contributed by atoms with Gasteiger partial charge < -0.3 is 14.8 Å². The summed E-state index contributed by atoms with van der Waals surface area (Å²) in [6, 6.07) is 0. The van der Waals surface area contributed by atoms with Gasteiger partial charge in [0.1, 0.15) is 11.0 Å². The monoisotopic (exact) mass is 229 g/mol. The van der Waals surface area contributed by atoms with Gasteiger partial charge in [0, 0.05) is 6.54 Å². The molecule has 5 nitrogen and oxygen atoms in total. The summed E-state index contributed by atoms with van der Waals surface area (Å²) in [4.78, 5) is 7.97. The zero-order valence-electron chi connectivity index (χ0n) is 8.15. The van der Waals surface area contributed by atoms with Gasteiger partial charge in [-0.05, 0) is 0 Å². The lowest BCUT2D eigenvalue weighted by Gasteiger charge is -2.23. The van der Waals surface area contributed by atoms with Crippen LogP contribution in [0.1, 0.15) is 0 Å². The minimum atomic E-state index is 0.0798. The van der Waals surface area contributed by atoms with Crippen LogP contribution in [0.15, 0.2) is 12.4 Å². The summed E-state index contributed by atoms with van der Waals surface area (Å²) in [5, 5.41) is 3.49. The lowest BCUT2D eigenvalue weighted by molar-refractivity contribution is -0.0819. The van der Waals surface area contributed by atoms with E-state index in [1.54, 1.807) is 6.20 Å². The van der Waals surface area contributed by atoms with E-state index in [1.807, 2.05) is 0 Å². The van der Waals surface area contributed by atoms with Gasteiger partial charge in [-0.15, -0.1) is 0 Å². The lowest BCUT2D eigenvalue weighted by Crippen LogP contribution is -2.34. The van der Waals surface area contributed by atoms with Gasteiger partial charge in [0.15, 0.2) is 0 Å². The van der Waals surface area contributed by atoms with Crippen LogP contribution < -0.4 is 5.32 Å². The molecule has 1 aliphatic heterocycles. The number of nitrogens with zero attached hydrogens (tertiary/aromatic N) is 2. The first-order valence-corrected chi connectivity index (χ1v) is 5.13. The first-order valence-electron chi connectivity index (χ1n) is 4.75. The first kappa shape index (κ1) is 10.6. The average molecular weight is 230 g/mol. The Morgan fingerprint density at radius 3 is 3.00 bits per heavy atom. The Hall–Kier alpha value is -0.910. The summed E-state index contributed by atoms with van der Waals surface area (Å²) in [6.45, 7) is 2.61. The molecular weight excluding hydrogens is 218 g/mol. The average Bonchev–Trinajstić information content (AvgIpc) is 2.30. The molecule has 0 bridgehead atoms. The molecule has 0 aliphatic carbocycles. The predicted molar refractivity (Wildman–Crippen MR) is 56.1 cm³/mol. The van der Waals surface area contributed by atoms with Crippen LogP contribution in [0.5, 0.6) is 0 Å². The largest absolute Gasteiger partial charge is 0.376 e. The van der Waals surface area contributed by atoms with E-state index in [-0.39, 0.29) is 6.10 Å². The molecule has 0 saturated carbocycles. The Kier molecular flexibility index (Phi) is 3.71. The molecule has 1 aromatic heterocycles. The molecule has 2 heterocycles. The van der Waals surface area contributed by atoms with Crippen LogP contribution in [0, 0.1) is 0 Å². The van der Waals surface area contributed by atoms with Crippen molar-refractivity contribution in [2.75, 3.05) is 31.7 Å². The number of hydrogen-bond acceptors (Lipinski definition) is 5. The van der Waals surface area contributed by atoms with E-state index >= 15 is 0 Å². The van der Waals surface area contributed by atoms with Crippen molar-refractivity contribution in [2.45, 2.75) is 6.10 Å². The van der Waals surface area contributed by atoms with E-state index in [2.05, 4.69) is 15.3 Å². The zero-order chi connectivity index (χ0) is 10.5. The number of rotatable bonds is 3. The van der Waals surface area contributed by atoms with E-state index in [1.165, 1.54) is 6.20 Å². The Morgan fingerprint density at radius 2 is 2.33 bits per heavy atom. The van der Waals surface area contributed by atoms with E-state index in [0.717, 1.165) is 0 Å². The van der Waals surface area contributed by atoms with Gasteiger partial charge in [-0.3, -0.25) is 0 Å². The second-order valence-electron chi connectivity index (χ2n) is 3.17. The number of anilines is 1. The normalized spacial score (nSPS) is 21.3. The highest BCUT2D eigenvalue weighted by Crippen LogP contribution is 2.06. The molecule has 1 atom stereocenters. The van der Waals surface area contributed by atoms with Crippen LogP contribution in [0.4, 0.5) is 5.82 Å². The molecule has 0 aromatic carbocycles. The van der Waals surface area contributed by atoms with Crippen molar-refractivity contribution in [3.8, 4) is 0 Å². The fourth-order valence-corrected chi connectivity index (χ4v) is 1.37. The minimum Gasteiger partial charge on any atom is -0.376 e. The summed E-state index contributed by atoms with van der Waals surface area (Å²) in [5.74, 6) is 0.688. The van der Waals surface area contributed by atoms with Gasteiger partial charge in [0.2, 0.25) is 0 Å². The van der Waals surface area contributed by atoms with Crippen LogP contribution in [-0.4, -0.2) is 42.4 Å². The maximum Gasteiger partial charge on any atom is 0.147 e. The number of hydrogen-bond donors (Lipinski definition) is 1. The van der Waals surface area contributed by atoms with E-state index in [0.29, 0.717) is 37.3 Å². The van der Waals surface area contributed by atoms with E-state index in [9.17, 15) is 0 Å². The molecule has 0 amide bonds. The third-order valence-electron chi connectivity index (χ3n) is 2.02. The Morgan fingerprint density at radius 1 is 1.40 bits per heavy atom. The highest BCUT2D eigenvalue weighted by Gasteiger charge is 2.13. The maximum absolute atomic E-state index is 5.61. The SMILES string of the molecule is Clc1cnc(NCC2COCCO2)cn1. The fraction of sp³-hybridized carbons (Fsp3) is 0.556. The molecule has 15 heavy (non-hydrogen) atoms. The van der Waals surface area contributed by atoms with Crippen molar-refractivity contribution in [1.29, 1.82) is 0 Å². The number of halogens is 1. The van der Waals surface area contributed by atoms with Gasteiger partial charge in [-0.1, -0.05) is 11.6 Å². The first-order chi connectivity index (χ1) is 7.34. The molecule has 1 fully saturated rings. The van der Waals surface area contributed by atoms with E-state index < -0.39 is 0 Å². The molecular formula is C9H12ClN3O2. The van der Waals surface area contributed by atoms with Gasteiger partial charge in [0.05, 0.1) is 38.3 Å². The molecule has 2 rings (SSSR count). The van der Waals surface area contributed by atoms with Gasteiger partial charge in [0.25, 0.3) is 0 Å². The highest BCUT2D eigenvalue weighted by atomic mass is 35.5. The second kappa shape index (κ2) is 5.25. The third-order valence-corrected chi connectivity index (χ3v) is 2.21. The van der Waals surface area contributed by atoms with Crippen molar-refractivity contribution in [3.05, 3.63) is 17.5 Å². The van der Waals surface area contributed by atoms with Crippen molar-refractivity contribution < 1.29 is 9.47 Å². The Balaban J connectivity index is 1.79. The number of aromatic nitrogens is 2. The molecule has 1 aliphatic rings. The van der Waals surface area contributed by atoms with Gasteiger partial charge in [-0.25, -0.2) is 9.97 Å². The molecule has 0 radical (unpaired) electrons. The lowest BCUT2D eigenvalue weighted by atomic mass is 10.3. The molecule has 6 heteroatoms. The Bertz CT molecular complexity index is 301. The smallest absolute Gasteiger partial charge is 0.147 e. The standard InChI is InChI=1S/C9H12ClN3O2/c10-8-4-13-9(5-11-8)12-3-7-6-14-1-2-15-7/h4-5,7H,1-3,6H2,(H,12,13). The summed E-state index contributed by atoms with van der Waals surface area (Å²) in [7, 11) is 0. The molecule has 0 spiro atoms. The van der Waals surface area contributed by atoms with E-state index in [4.69, 9.17) is 21.1 Å².